The van der Waals surface area contributed by atoms with Crippen molar-refractivity contribution in [2.45, 2.75) is 26.0 Å². The maximum atomic E-state index is 13.8. The number of likely N-dealkylation sites (N-methyl/N-ethyl adjacent to an activating group) is 1. The molecule has 0 saturated carbocycles. The number of aliphatic hydroxyl groups excluding tert-OH is 1. The van der Waals surface area contributed by atoms with Crippen LogP contribution in [0.3, 0.4) is 0 Å². The number of anilines is 3. The first-order chi connectivity index (χ1) is 21.7. The maximum Gasteiger partial charge on any atom is 0.323 e. The lowest BCUT2D eigenvalue weighted by atomic mass is 9.99. The van der Waals surface area contributed by atoms with Crippen LogP contribution >= 0.6 is 0 Å². The summed E-state index contributed by atoms with van der Waals surface area (Å²) in [6.07, 6.45) is -0.586. The Labute approximate surface area is 261 Å². The number of aliphatic hydroxyl groups is 1. The van der Waals surface area contributed by atoms with Crippen LogP contribution in [0.4, 0.5) is 26.7 Å². The molecule has 3 aromatic rings. The molecule has 13 nitrogen and oxygen atoms in total. The molecule has 13 heteroatoms. The van der Waals surface area contributed by atoms with Crippen LogP contribution in [0.25, 0.3) is 0 Å². The third-order valence-corrected chi connectivity index (χ3v) is 7.71. The molecule has 2 aliphatic rings. The molecule has 5 amide bonds. The van der Waals surface area contributed by atoms with Gasteiger partial charge in [-0.1, -0.05) is 13.0 Å². The average molecular weight is 620 g/mol. The number of benzene rings is 3. The van der Waals surface area contributed by atoms with E-state index in [-0.39, 0.29) is 61.3 Å². The summed E-state index contributed by atoms with van der Waals surface area (Å²) in [4.78, 5) is 43.1. The number of methoxy groups -OCH3 is 1. The van der Waals surface area contributed by atoms with Crippen molar-refractivity contribution in [2.75, 3.05) is 56.6 Å². The van der Waals surface area contributed by atoms with Gasteiger partial charge in [-0.25, -0.2) is 9.59 Å². The van der Waals surface area contributed by atoms with Gasteiger partial charge in [0.1, 0.15) is 11.9 Å². The van der Waals surface area contributed by atoms with Gasteiger partial charge in [-0.15, -0.1) is 0 Å². The number of carbonyl (C=O) groups is 3. The first-order valence-corrected chi connectivity index (χ1v) is 14.5. The summed E-state index contributed by atoms with van der Waals surface area (Å²) in [6.45, 7) is 3.99. The molecule has 45 heavy (non-hydrogen) atoms. The van der Waals surface area contributed by atoms with Gasteiger partial charge in [-0.05, 0) is 55.5 Å². The van der Waals surface area contributed by atoms with Crippen LogP contribution in [-0.4, -0.2) is 85.7 Å². The normalized spacial score (nSPS) is 17.6. The molecule has 0 bridgehead atoms. The van der Waals surface area contributed by atoms with Crippen molar-refractivity contribution < 1.29 is 38.4 Å². The number of hydrogen-bond donors (Lipinski definition) is 4. The van der Waals surface area contributed by atoms with Gasteiger partial charge in [0, 0.05) is 37.0 Å². The van der Waals surface area contributed by atoms with Crippen molar-refractivity contribution in [2.24, 2.45) is 5.92 Å². The van der Waals surface area contributed by atoms with Gasteiger partial charge < -0.3 is 49.8 Å². The molecule has 0 saturated heterocycles. The number of amides is 5. The predicted molar refractivity (Wildman–Crippen MR) is 167 cm³/mol. The molecule has 0 aromatic heterocycles. The number of urea groups is 2. The minimum atomic E-state index is -0.586. The number of nitrogens with zero attached hydrogens (tertiary/aromatic N) is 2. The molecule has 3 atom stereocenters. The van der Waals surface area contributed by atoms with Gasteiger partial charge in [0.15, 0.2) is 17.2 Å². The lowest BCUT2D eigenvalue weighted by molar-refractivity contribution is 0.0373. The molecule has 238 valence electrons. The van der Waals surface area contributed by atoms with Gasteiger partial charge in [0.2, 0.25) is 6.79 Å². The highest BCUT2D eigenvalue weighted by molar-refractivity contribution is 6.04. The highest BCUT2D eigenvalue weighted by Crippen LogP contribution is 2.36. The standard InChI is InChI=1S/C32H37N5O8/c1-19-15-37(20(2)17-38)30(39)24-6-5-7-25(35-31(40)33-22-10-13-26-27(14-22)44-18-43-26)29(24)45-28(19)16-36(3)32(41)34-21-8-11-23(42-4)12-9-21/h5-14,19-20,28,38H,15-18H2,1-4H3,(H,34,41)(H2,33,35,40)/t19-,20-,28+/m0/s1. The number of rotatable bonds is 8. The number of hydrogen-bond acceptors (Lipinski definition) is 8. The topological polar surface area (TPSA) is 151 Å². The van der Waals surface area contributed by atoms with Crippen molar-refractivity contribution in [3.05, 3.63) is 66.2 Å². The van der Waals surface area contributed by atoms with E-state index in [9.17, 15) is 19.5 Å². The molecule has 3 aromatic carbocycles. The van der Waals surface area contributed by atoms with Gasteiger partial charge in [0.25, 0.3) is 5.91 Å². The fourth-order valence-electron chi connectivity index (χ4n) is 5.06. The Balaban J connectivity index is 1.38. The Morgan fingerprint density at radius 2 is 1.78 bits per heavy atom. The molecule has 0 aliphatic carbocycles. The van der Waals surface area contributed by atoms with E-state index in [0.717, 1.165) is 0 Å². The number of para-hydroxylation sites is 1. The van der Waals surface area contributed by atoms with Crippen LogP contribution < -0.4 is 34.9 Å². The molecule has 4 N–H and O–H groups in total. The Hall–Kier alpha value is -5.17. The van der Waals surface area contributed by atoms with Crippen molar-refractivity contribution in [1.82, 2.24) is 9.80 Å². The molecule has 2 heterocycles. The molecule has 0 spiro atoms. The van der Waals surface area contributed by atoms with Crippen LogP contribution in [0.15, 0.2) is 60.7 Å². The van der Waals surface area contributed by atoms with E-state index < -0.39 is 18.2 Å². The summed E-state index contributed by atoms with van der Waals surface area (Å²) in [6, 6.07) is 15.5. The first-order valence-electron chi connectivity index (χ1n) is 14.5. The van der Waals surface area contributed by atoms with Crippen LogP contribution in [0.1, 0.15) is 24.2 Å². The van der Waals surface area contributed by atoms with E-state index in [1.165, 1.54) is 4.90 Å². The van der Waals surface area contributed by atoms with Crippen LogP contribution in [-0.2, 0) is 0 Å². The van der Waals surface area contributed by atoms with Crippen molar-refractivity contribution >= 4 is 35.0 Å². The summed E-state index contributed by atoms with van der Waals surface area (Å²) in [5, 5.41) is 18.4. The zero-order valence-corrected chi connectivity index (χ0v) is 25.5. The predicted octanol–water partition coefficient (Wildman–Crippen LogP) is 4.45. The summed E-state index contributed by atoms with van der Waals surface area (Å²) in [7, 11) is 3.22. The lowest BCUT2D eigenvalue weighted by Crippen LogP contribution is -2.50. The maximum absolute atomic E-state index is 13.8. The van der Waals surface area contributed by atoms with Crippen molar-refractivity contribution in [1.29, 1.82) is 0 Å². The zero-order chi connectivity index (χ0) is 32.1. The van der Waals surface area contributed by atoms with E-state index in [1.807, 2.05) is 6.92 Å². The first kappa shape index (κ1) is 31.3. The second-order valence-corrected chi connectivity index (χ2v) is 11.0. The van der Waals surface area contributed by atoms with Crippen molar-refractivity contribution in [3.8, 4) is 23.0 Å². The summed E-state index contributed by atoms with van der Waals surface area (Å²) in [5.74, 6) is 1.33. The zero-order valence-electron chi connectivity index (χ0n) is 25.5. The smallest absolute Gasteiger partial charge is 0.323 e. The van der Waals surface area contributed by atoms with Gasteiger partial charge in [-0.2, -0.15) is 0 Å². The summed E-state index contributed by atoms with van der Waals surface area (Å²) >= 11 is 0. The number of fused-ring (bicyclic) bond motifs is 2. The SMILES string of the molecule is COc1ccc(NC(=O)N(C)C[C@H]2Oc3c(NC(=O)Nc4ccc5c(c4)OCO5)cccc3C(=O)N([C@@H](C)CO)C[C@@H]2C)cc1. The molecule has 5 rings (SSSR count). The number of ether oxygens (including phenoxy) is 4. The number of nitrogens with one attached hydrogen (secondary N) is 3. The van der Waals surface area contributed by atoms with E-state index in [4.69, 9.17) is 18.9 Å². The molecule has 0 radical (unpaired) electrons. The Morgan fingerprint density at radius 1 is 1.04 bits per heavy atom. The Bertz CT molecular complexity index is 1550. The molecular formula is C32H37N5O8. The fourth-order valence-corrected chi connectivity index (χ4v) is 5.06. The Morgan fingerprint density at radius 3 is 2.51 bits per heavy atom. The van der Waals surface area contributed by atoms with Gasteiger partial charge >= 0.3 is 12.1 Å². The van der Waals surface area contributed by atoms with Gasteiger partial charge in [0.05, 0.1) is 37.6 Å². The average Bonchev–Trinajstić information content (AvgIpc) is 3.51. The molecular weight excluding hydrogens is 582 g/mol. The van der Waals surface area contributed by atoms with E-state index in [0.29, 0.717) is 28.6 Å². The Kier molecular flexibility index (Phi) is 9.48. The molecule has 0 unspecified atom stereocenters. The van der Waals surface area contributed by atoms with E-state index in [2.05, 4.69) is 16.0 Å². The molecule has 0 fully saturated rings. The second kappa shape index (κ2) is 13.6. The highest BCUT2D eigenvalue weighted by atomic mass is 16.7. The summed E-state index contributed by atoms with van der Waals surface area (Å²) in [5.41, 5.74) is 1.56. The highest BCUT2D eigenvalue weighted by Gasteiger charge is 2.35. The fraction of sp³-hybridized carbons (Fsp3) is 0.344. The largest absolute Gasteiger partial charge is 0.497 e. The van der Waals surface area contributed by atoms with Crippen molar-refractivity contribution in [3.63, 3.8) is 0 Å². The summed E-state index contributed by atoms with van der Waals surface area (Å²) < 4.78 is 22.4. The minimum absolute atomic E-state index is 0.107. The second-order valence-electron chi connectivity index (χ2n) is 11.0. The van der Waals surface area contributed by atoms with E-state index in [1.54, 1.807) is 86.6 Å². The van der Waals surface area contributed by atoms with Crippen LogP contribution in [0.5, 0.6) is 23.0 Å². The monoisotopic (exact) mass is 619 g/mol. The lowest BCUT2D eigenvalue weighted by Gasteiger charge is -2.38. The third-order valence-electron chi connectivity index (χ3n) is 7.71. The minimum Gasteiger partial charge on any atom is -0.497 e. The third kappa shape index (κ3) is 7.15. The van der Waals surface area contributed by atoms with Crippen LogP contribution in [0.2, 0.25) is 0 Å². The van der Waals surface area contributed by atoms with E-state index >= 15 is 0 Å². The van der Waals surface area contributed by atoms with Crippen LogP contribution in [0, 0.1) is 5.92 Å². The number of carbonyl (C=O) groups excluding carboxylic acids is 3. The molecule has 2 aliphatic heterocycles. The van der Waals surface area contributed by atoms with Gasteiger partial charge in [-0.3, -0.25) is 4.79 Å². The quantitative estimate of drug-likeness (QED) is 0.289.